The van der Waals surface area contributed by atoms with Gasteiger partial charge in [0.25, 0.3) is 5.91 Å². The first-order valence-electron chi connectivity index (χ1n) is 13.0. The van der Waals surface area contributed by atoms with Crippen molar-refractivity contribution in [3.05, 3.63) is 70.7 Å². The number of nitrogens with zero attached hydrogens (tertiary/aromatic N) is 4. The molecule has 2 saturated heterocycles. The molecule has 2 amide bonds. The lowest BCUT2D eigenvalue weighted by atomic mass is 10.1. The fourth-order valence-electron chi connectivity index (χ4n) is 5.67. The van der Waals surface area contributed by atoms with E-state index in [9.17, 15) is 9.59 Å². The summed E-state index contributed by atoms with van der Waals surface area (Å²) in [6.45, 7) is 3.78. The summed E-state index contributed by atoms with van der Waals surface area (Å²) < 4.78 is 0. The van der Waals surface area contributed by atoms with Gasteiger partial charge in [0.1, 0.15) is 11.5 Å². The molecule has 1 aliphatic carbocycles. The van der Waals surface area contributed by atoms with Crippen molar-refractivity contribution in [2.45, 2.75) is 57.3 Å². The van der Waals surface area contributed by atoms with E-state index in [4.69, 9.17) is 17.3 Å². The number of benzene rings is 1. The van der Waals surface area contributed by atoms with Gasteiger partial charge in [0.15, 0.2) is 0 Å². The Kier molecular flexibility index (Phi) is 7.29. The number of carbonyl (C=O) groups is 2. The van der Waals surface area contributed by atoms with E-state index >= 15 is 0 Å². The lowest BCUT2D eigenvalue weighted by Crippen LogP contribution is -2.53. The molecule has 0 saturated carbocycles. The highest BCUT2D eigenvalue weighted by atomic mass is 16.2. The molecule has 2 atom stereocenters. The number of hydrogen-bond donors (Lipinski definition) is 4. The molecule has 2 fully saturated rings. The second-order valence-corrected chi connectivity index (χ2v) is 10.2. The third kappa shape index (κ3) is 5.70. The van der Waals surface area contributed by atoms with E-state index in [1.54, 1.807) is 6.08 Å². The number of piperazine rings is 1. The van der Waals surface area contributed by atoms with Crippen LogP contribution < -0.4 is 22.6 Å². The van der Waals surface area contributed by atoms with Crippen molar-refractivity contribution in [1.29, 1.82) is 0 Å². The first-order valence-corrected chi connectivity index (χ1v) is 13.0. The summed E-state index contributed by atoms with van der Waals surface area (Å²) in [5, 5.41) is 4.41. The summed E-state index contributed by atoms with van der Waals surface area (Å²) in [5.41, 5.74) is 16.1. The van der Waals surface area contributed by atoms with Crippen LogP contribution in [-0.2, 0) is 22.7 Å². The molecular weight excluding hydrogens is 468 g/mol. The molecule has 0 spiro atoms. The van der Waals surface area contributed by atoms with Crippen LogP contribution in [0.2, 0.25) is 0 Å². The van der Waals surface area contributed by atoms with E-state index in [1.807, 2.05) is 35.2 Å². The number of fused-ring (bicyclic) bond motifs is 1. The summed E-state index contributed by atoms with van der Waals surface area (Å²) in [4.78, 5) is 34.2. The molecule has 10 nitrogen and oxygen atoms in total. The van der Waals surface area contributed by atoms with Crippen LogP contribution in [0, 0.1) is 0 Å². The summed E-state index contributed by atoms with van der Waals surface area (Å²) in [7, 11) is 0. The molecule has 0 aromatic heterocycles. The normalized spacial score (nSPS) is 24.0. The van der Waals surface area contributed by atoms with Gasteiger partial charge in [-0.25, -0.2) is 10.8 Å². The second kappa shape index (κ2) is 10.8. The topological polar surface area (TPSA) is 146 Å². The van der Waals surface area contributed by atoms with Crippen molar-refractivity contribution in [2.75, 3.05) is 19.6 Å². The van der Waals surface area contributed by atoms with Crippen molar-refractivity contribution in [3.63, 3.8) is 0 Å². The fraction of sp³-hybridized carbons (Fsp3) is 0.444. The van der Waals surface area contributed by atoms with Gasteiger partial charge in [0, 0.05) is 31.5 Å². The average molecular weight is 505 g/mol. The number of amides is 2. The minimum atomic E-state index is -0.359. The number of allylic oxidation sites excluding steroid dienone is 2. The first kappa shape index (κ1) is 25.0. The number of carbonyl (C=O) groups excluding carboxylic acids is 2. The van der Waals surface area contributed by atoms with Gasteiger partial charge in [-0.15, -0.1) is 0 Å². The molecule has 4 aliphatic rings. The van der Waals surface area contributed by atoms with E-state index < -0.39 is 0 Å². The Morgan fingerprint density at radius 2 is 1.95 bits per heavy atom. The van der Waals surface area contributed by atoms with Gasteiger partial charge in [-0.05, 0) is 61.4 Å². The Hall–Kier alpha value is -3.63. The van der Waals surface area contributed by atoms with Gasteiger partial charge in [0.05, 0.1) is 18.6 Å². The highest BCUT2D eigenvalue weighted by Gasteiger charge is 2.37. The maximum atomic E-state index is 12.8. The zero-order valence-corrected chi connectivity index (χ0v) is 21.1. The standard InChI is InChI=1S/C27H36N8O2/c28-21(26(36)32-23-11-10-22-20(23)3-1-5-25(29)31-22)17-35(30)16-19-8-6-18(7-9-19)15-34-14-13-33-12-2-4-24(33)27(34)37/h1,5-9,17,23-24H,2-4,10-16,28,30H2,(H2,29,31)(H,32,36)/b21-17-. The number of nitrogens with one attached hydrogen (secondary N) is 1. The highest BCUT2D eigenvalue weighted by Crippen LogP contribution is 2.31. The maximum Gasteiger partial charge on any atom is 0.269 e. The molecule has 10 heteroatoms. The van der Waals surface area contributed by atoms with E-state index in [1.165, 1.54) is 11.2 Å². The van der Waals surface area contributed by atoms with Crippen LogP contribution in [0.15, 0.2) is 64.6 Å². The Bertz CT molecular complexity index is 1170. The van der Waals surface area contributed by atoms with E-state index in [0.29, 0.717) is 25.3 Å². The number of rotatable bonds is 7. The minimum Gasteiger partial charge on any atom is -0.393 e. The molecule has 1 aromatic rings. The molecule has 196 valence electrons. The molecule has 37 heavy (non-hydrogen) atoms. The largest absolute Gasteiger partial charge is 0.393 e. The highest BCUT2D eigenvalue weighted by molar-refractivity contribution is 5.94. The zero-order valence-electron chi connectivity index (χ0n) is 21.1. The molecular formula is C27H36N8O2. The molecule has 1 aromatic carbocycles. The maximum absolute atomic E-state index is 12.8. The number of aliphatic imine (C=N–C) groups is 1. The van der Waals surface area contributed by atoms with Crippen molar-refractivity contribution >= 4 is 17.6 Å². The number of amidine groups is 1. The van der Waals surface area contributed by atoms with Crippen LogP contribution in [0.1, 0.15) is 43.2 Å². The third-order valence-corrected chi connectivity index (χ3v) is 7.60. The summed E-state index contributed by atoms with van der Waals surface area (Å²) >= 11 is 0. The van der Waals surface area contributed by atoms with Crippen molar-refractivity contribution in [3.8, 4) is 0 Å². The molecule has 3 aliphatic heterocycles. The van der Waals surface area contributed by atoms with E-state index in [-0.39, 0.29) is 29.6 Å². The van der Waals surface area contributed by atoms with Gasteiger partial charge in [0.2, 0.25) is 5.91 Å². The van der Waals surface area contributed by atoms with Crippen LogP contribution in [0.25, 0.3) is 0 Å². The van der Waals surface area contributed by atoms with Crippen LogP contribution in [0.3, 0.4) is 0 Å². The Morgan fingerprint density at radius 1 is 1.16 bits per heavy atom. The zero-order chi connectivity index (χ0) is 25.9. The van der Waals surface area contributed by atoms with Gasteiger partial charge in [-0.3, -0.25) is 14.5 Å². The number of nitrogens with two attached hydrogens (primary N) is 3. The van der Waals surface area contributed by atoms with Crippen molar-refractivity contribution in [1.82, 2.24) is 20.1 Å². The fourth-order valence-corrected chi connectivity index (χ4v) is 5.67. The Balaban J connectivity index is 1.13. The van der Waals surface area contributed by atoms with Gasteiger partial charge in [-0.1, -0.05) is 30.3 Å². The molecule has 0 radical (unpaired) electrons. The monoisotopic (exact) mass is 504 g/mol. The first-order chi connectivity index (χ1) is 17.9. The van der Waals surface area contributed by atoms with Crippen LogP contribution in [0.5, 0.6) is 0 Å². The van der Waals surface area contributed by atoms with E-state index in [2.05, 4.69) is 15.2 Å². The Labute approximate surface area is 217 Å². The predicted octanol–water partition coefficient (Wildman–Crippen LogP) is 0.819. The molecule has 7 N–H and O–H groups in total. The molecule has 0 bridgehead atoms. The summed E-state index contributed by atoms with van der Waals surface area (Å²) in [6.07, 6.45) is 9.54. The average Bonchev–Trinajstić information content (AvgIpc) is 3.45. The van der Waals surface area contributed by atoms with Gasteiger partial charge in [-0.2, -0.15) is 0 Å². The second-order valence-electron chi connectivity index (χ2n) is 10.2. The van der Waals surface area contributed by atoms with Crippen LogP contribution >= 0.6 is 0 Å². The third-order valence-electron chi connectivity index (χ3n) is 7.60. The predicted molar refractivity (Wildman–Crippen MR) is 142 cm³/mol. The molecule has 5 rings (SSSR count). The lowest BCUT2D eigenvalue weighted by Gasteiger charge is -2.36. The van der Waals surface area contributed by atoms with Crippen LogP contribution in [-0.4, -0.2) is 64.2 Å². The number of hydrazine groups is 1. The summed E-state index contributed by atoms with van der Waals surface area (Å²) in [6, 6.07) is 7.99. The smallest absolute Gasteiger partial charge is 0.269 e. The van der Waals surface area contributed by atoms with Crippen LogP contribution in [0.4, 0.5) is 0 Å². The quantitative estimate of drug-likeness (QED) is 0.244. The lowest BCUT2D eigenvalue weighted by molar-refractivity contribution is -0.140. The van der Waals surface area contributed by atoms with Crippen molar-refractivity contribution in [2.24, 2.45) is 22.3 Å². The van der Waals surface area contributed by atoms with E-state index in [0.717, 1.165) is 67.7 Å². The number of hydrogen-bond acceptors (Lipinski definition) is 8. The minimum absolute atomic E-state index is 0.0462. The van der Waals surface area contributed by atoms with Crippen molar-refractivity contribution < 1.29 is 9.59 Å². The van der Waals surface area contributed by atoms with Gasteiger partial charge >= 0.3 is 0 Å². The molecule has 3 heterocycles. The SMILES string of the molecule is NC1=NC2=C(CC=C1)C(NC(=O)/C(N)=C/N(N)Cc1ccc(CN3CCN4CCCC4C3=O)cc1)CC2. The molecule has 2 unspecified atom stereocenters. The summed E-state index contributed by atoms with van der Waals surface area (Å²) in [5.74, 6) is 6.52. The van der Waals surface area contributed by atoms with Gasteiger partial charge < -0.3 is 26.7 Å². The Morgan fingerprint density at radius 3 is 2.76 bits per heavy atom.